The van der Waals surface area contributed by atoms with Gasteiger partial charge in [-0.2, -0.15) is 0 Å². The van der Waals surface area contributed by atoms with E-state index < -0.39 is 0 Å². The fraction of sp³-hybridized carbons (Fsp3) is 0.235. The maximum atomic E-state index is 12.3. The van der Waals surface area contributed by atoms with Gasteiger partial charge in [-0.05, 0) is 37.1 Å². The first-order valence-corrected chi connectivity index (χ1v) is 6.86. The third-order valence-electron chi connectivity index (χ3n) is 3.73. The van der Waals surface area contributed by atoms with Gasteiger partial charge in [0.2, 0.25) is 5.91 Å². The van der Waals surface area contributed by atoms with Crippen molar-refractivity contribution in [3.05, 3.63) is 59.2 Å². The number of benzene rings is 2. The summed E-state index contributed by atoms with van der Waals surface area (Å²) in [6, 6.07) is 13.9. The number of amides is 1. The highest BCUT2D eigenvalue weighted by Crippen LogP contribution is 2.26. The van der Waals surface area contributed by atoms with Crippen molar-refractivity contribution in [1.82, 2.24) is 0 Å². The smallest absolute Gasteiger partial charge is 0.247 e. The number of hydrogen-bond acceptors (Lipinski definition) is 2. The predicted octanol–water partition coefficient (Wildman–Crippen LogP) is 3.28. The Labute approximate surface area is 119 Å². The number of anilines is 2. The van der Waals surface area contributed by atoms with E-state index in [0.717, 1.165) is 23.4 Å². The third kappa shape index (κ3) is 2.39. The summed E-state index contributed by atoms with van der Waals surface area (Å²) in [5, 5.41) is 6.29. The van der Waals surface area contributed by atoms with E-state index in [1.807, 2.05) is 44.2 Å². The van der Waals surface area contributed by atoms with E-state index >= 15 is 0 Å². The Morgan fingerprint density at radius 1 is 1.20 bits per heavy atom. The monoisotopic (exact) mass is 266 g/mol. The van der Waals surface area contributed by atoms with Gasteiger partial charge in [-0.25, -0.2) is 0 Å². The molecule has 0 aliphatic carbocycles. The zero-order chi connectivity index (χ0) is 14.1. The molecule has 0 saturated heterocycles. The van der Waals surface area contributed by atoms with Crippen LogP contribution in [0.3, 0.4) is 0 Å². The number of carbonyl (C=O) groups is 1. The largest absolute Gasteiger partial charge is 0.373 e. The van der Waals surface area contributed by atoms with Crippen LogP contribution in [0.4, 0.5) is 11.4 Å². The molecular formula is C17H18N2O. The lowest BCUT2D eigenvalue weighted by Gasteiger charge is -2.14. The molecule has 2 N–H and O–H groups in total. The summed E-state index contributed by atoms with van der Waals surface area (Å²) in [5.74, 6) is 0.0214. The number of hydrogen-bond donors (Lipinski definition) is 2. The van der Waals surface area contributed by atoms with Crippen LogP contribution in [0.15, 0.2) is 42.5 Å². The van der Waals surface area contributed by atoms with E-state index in [-0.39, 0.29) is 11.9 Å². The standard InChI is InChI=1S/C17H18N2O/c1-11-7-8-14(12(2)9-11)19-17(20)16-10-13-5-3-4-6-15(13)18-16/h3-9,16,18H,10H2,1-2H3,(H,19,20). The summed E-state index contributed by atoms with van der Waals surface area (Å²) >= 11 is 0. The van der Waals surface area contributed by atoms with Gasteiger partial charge in [-0.15, -0.1) is 0 Å². The van der Waals surface area contributed by atoms with E-state index in [2.05, 4.69) is 22.8 Å². The van der Waals surface area contributed by atoms with Crippen LogP contribution in [0.5, 0.6) is 0 Å². The van der Waals surface area contributed by atoms with Crippen LogP contribution in [0.1, 0.15) is 16.7 Å². The average Bonchev–Trinajstić information content (AvgIpc) is 2.86. The molecule has 3 nitrogen and oxygen atoms in total. The third-order valence-corrected chi connectivity index (χ3v) is 3.73. The van der Waals surface area contributed by atoms with Crippen molar-refractivity contribution in [3.8, 4) is 0 Å². The minimum Gasteiger partial charge on any atom is -0.373 e. The van der Waals surface area contributed by atoms with Crippen molar-refractivity contribution in [3.63, 3.8) is 0 Å². The summed E-state index contributed by atoms with van der Waals surface area (Å²) in [5.41, 5.74) is 5.45. The number of aryl methyl sites for hydroxylation is 2. The lowest BCUT2D eigenvalue weighted by molar-refractivity contribution is -0.116. The molecule has 3 rings (SSSR count). The Balaban J connectivity index is 1.72. The molecule has 2 aromatic rings. The Bertz CT molecular complexity index is 639. The molecule has 3 heteroatoms. The summed E-state index contributed by atoms with van der Waals surface area (Å²) in [6.07, 6.45) is 0.743. The van der Waals surface area contributed by atoms with Gasteiger partial charge in [0.05, 0.1) is 0 Å². The number of para-hydroxylation sites is 1. The van der Waals surface area contributed by atoms with Crippen molar-refractivity contribution in [2.45, 2.75) is 26.3 Å². The quantitative estimate of drug-likeness (QED) is 0.876. The normalized spacial score (nSPS) is 16.4. The maximum absolute atomic E-state index is 12.3. The number of carbonyl (C=O) groups excluding carboxylic acids is 1. The van der Waals surface area contributed by atoms with Crippen molar-refractivity contribution in [2.24, 2.45) is 0 Å². The van der Waals surface area contributed by atoms with E-state index in [1.54, 1.807) is 0 Å². The lowest BCUT2D eigenvalue weighted by atomic mass is 10.1. The van der Waals surface area contributed by atoms with Crippen molar-refractivity contribution in [2.75, 3.05) is 10.6 Å². The zero-order valence-corrected chi connectivity index (χ0v) is 11.7. The molecule has 1 unspecified atom stereocenters. The minimum atomic E-state index is -0.187. The summed E-state index contributed by atoms with van der Waals surface area (Å²) in [7, 11) is 0. The molecule has 0 aromatic heterocycles. The molecule has 1 amide bonds. The highest BCUT2D eigenvalue weighted by molar-refractivity contribution is 5.98. The van der Waals surface area contributed by atoms with E-state index in [9.17, 15) is 4.79 Å². The molecule has 2 aromatic carbocycles. The van der Waals surface area contributed by atoms with E-state index in [4.69, 9.17) is 0 Å². The van der Waals surface area contributed by atoms with Gasteiger partial charge in [-0.1, -0.05) is 35.9 Å². The molecule has 0 saturated carbocycles. The SMILES string of the molecule is Cc1ccc(NC(=O)C2Cc3ccccc3N2)c(C)c1. The Hall–Kier alpha value is -2.29. The molecule has 0 spiro atoms. The lowest BCUT2D eigenvalue weighted by Crippen LogP contribution is -2.33. The molecule has 102 valence electrons. The average molecular weight is 266 g/mol. The first-order valence-electron chi connectivity index (χ1n) is 6.86. The van der Waals surface area contributed by atoms with Gasteiger partial charge in [0.25, 0.3) is 0 Å². The fourth-order valence-electron chi connectivity index (χ4n) is 2.63. The van der Waals surface area contributed by atoms with Crippen LogP contribution in [-0.2, 0) is 11.2 Å². The molecule has 1 atom stereocenters. The molecule has 1 heterocycles. The summed E-state index contributed by atoms with van der Waals surface area (Å²) < 4.78 is 0. The van der Waals surface area contributed by atoms with Crippen molar-refractivity contribution in [1.29, 1.82) is 0 Å². The van der Waals surface area contributed by atoms with Gasteiger partial charge in [0.1, 0.15) is 6.04 Å². The van der Waals surface area contributed by atoms with E-state index in [0.29, 0.717) is 0 Å². The van der Waals surface area contributed by atoms with Crippen molar-refractivity contribution >= 4 is 17.3 Å². The van der Waals surface area contributed by atoms with Gasteiger partial charge in [0.15, 0.2) is 0 Å². The first kappa shape index (κ1) is 12.7. The van der Waals surface area contributed by atoms with E-state index in [1.165, 1.54) is 11.1 Å². The molecular weight excluding hydrogens is 248 g/mol. The van der Waals surface area contributed by atoms with Gasteiger partial charge in [-0.3, -0.25) is 4.79 Å². The zero-order valence-electron chi connectivity index (χ0n) is 11.7. The van der Waals surface area contributed by atoms with Crippen LogP contribution in [-0.4, -0.2) is 11.9 Å². The second-order valence-corrected chi connectivity index (χ2v) is 5.37. The van der Waals surface area contributed by atoms with Crippen LogP contribution in [0.25, 0.3) is 0 Å². The Morgan fingerprint density at radius 2 is 2.00 bits per heavy atom. The van der Waals surface area contributed by atoms with Crippen molar-refractivity contribution < 1.29 is 4.79 Å². The molecule has 0 radical (unpaired) electrons. The minimum absolute atomic E-state index is 0.0214. The maximum Gasteiger partial charge on any atom is 0.247 e. The van der Waals surface area contributed by atoms with Gasteiger partial charge >= 0.3 is 0 Å². The molecule has 0 fully saturated rings. The number of rotatable bonds is 2. The second-order valence-electron chi connectivity index (χ2n) is 5.37. The Morgan fingerprint density at radius 3 is 2.75 bits per heavy atom. The summed E-state index contributed by atoms with van der Waals surface area (Å²) in [6.45, 7) is 4.06. The topological polar surface area (TPSA) is 41.1 Å². The van der Waals surface area contributed by atoms with Crippen LogP contribution < -0.4 is 10.6 Å². The molecule has 1 aliphatic heterocycles. The Kier molecular flexibility index (Phi) is 3.18. The van der Waals surface area contributed by atoms with Gasteiger partial charge in [0, 0.05) is 17.8 Å². The number of fused-ring (bicyclic) bond motifs is 1. The molecule has 20 heavy (non-hydrogen) atoms. The highest BCUT2D eigenvalue weighted by Gasteiger charge is 2.26. The molecule has 1 aliphatic rings. The van der Waals surface area contributed by atoms with Crippen LogP contribution in [0, 0.1) is 13.8 Å². The fourth-order valence-corrected chi connectivity index (χ4v) is 2.63. The summed E-state index contributed by atoms with van der Waals surface area (Å²) in [4.78, 5) is 12.3. The first-order chi connectivity index (χ1) is 9.63. The predicted molar refractivity (Wildman–Crippen MR) is 82.1 cm³/mol. The van der Waals surface area contributed by atoms with Crippen LogP contribution >= 0.6 is 0 Å². The highest BCUT2D eigenvalue weighted by atomic mass is 16.2. The second kappa shape index (κ2) is 5.00. The van der Waals surface area contributed by atoms with Gasteiger partial charge < -0.3 is 10.6 Å². The number of nitrogens with one attached hydrogen (secondary N) is 2. The molecule has 0 bridgehead atoms. The van der Waals surface area contributed by atoms with Crippen LogP contribution in [0.2, 0.25) is 0 Å².